The summed E-state index contributed by atoms with van der Waals surface area (Å²) in [6, 6.07) is 9.92. The number of amides is 1. The first-order chi connectivity index (χ1) is 12.8. The Kier molecular flexibility index (Phi) is 7.14. The molecule has 1 unspecified atom stereocenters. The van der Waals surface area contributed by atoms with Gasteiger partial charge in [0.2, 0.25) is 11.8 Å². The fourth-order valence-electron chi connectivity index (χ4n) is 3.49. The number of carbonyl (C=O) groups excluding carboxylic acids is 1. The fraction of sp³-hybridized carbons (Fsp3) is 0.500. The Labute approximate surface area is 159 Å². The number of nitrogens with zero attached hydrogens (tertiary/aromatic N) is 1. The standard InChI is InChI=1S/C20H27N3O2S/c21-11-18(15-7-3-1-4-8-15)23-19(24)14-26-13-17-12-25-20(22-17)16-9-5-2-6-10-16/h2,5-6,9-10,12,15,18H,1,3-4,7-8,11,13-14,21H2,(H,23,24). The lowest BCUT2D eigenvalue weighted by atomic mass is 9.84. The highest BCUT2D eigenvalue weighted by atomic mass is 32.2. The van der Waals surface area contributed by atoms with Crippen molar-refractivity contribution >= 4 is 17.7 Å². The molecule has 1 aromatic carbocycles. The molecule has 5 nitrogen and oxygen atoms in total. The number of nitrogens with two attached hydrogens (primary N) is 1. The number of carbonyl (C=O) groups is 1. The Hall–Kier alpha value is -1.79. The van der Waals surface area contributed by atoms with Crippen LogP contribution in [0, 0.1) is 5.92 Å². The van der Waals surface area contributed by atoms with E-state index in [0.29, 0.717) is 29.9 Å². The quantitative estimate of drug-likeness (QED) is 0.739. The molecule has 1 aliphatic rings. The van der Waals surface area contributed by atoms with Crippen LogP contribution in [0.1, 0.15) is 37.8 Å². The minimum atomic E-state index is 0.0581. The largest absolute Gasteiger partial charge is 0.444 e. The molecular formula is C20H27N3O2S. The van der Waals surface area contributed by atoms with Crippen molar-refractivity contribution in [2.75, 3.05) is 12.3 Å². The van der Waals surface area contributed by atoms with Gasteiger partial charge in [0.1, 0.15) is 6.26 Å². The predicted molar refractivity (Wildman–Crippen MR) is 106 cm³/mol. The summed E-state index contributed by atoms with van der Waals surface area (Å²) in [6.07, 6.45) is 7.83. The minimum Gasteiger partial charge on any atom is -0.444 e. The summed E-state index contributed by atoms with van der Waals surface area (Å²) in [5.41, 5.74) is 7.70. The fourth-order valence-corrected chi connectivity index (χ4v) is 4.20. The lowest BCUT2D eigenvalue weighted by molar-refractivity contribution is -0.119. The van der Waals surface area contributed by atoms with Crippen molar-refractivity contribution in [2.45, 2.75) is 43.9 Å². The number of rotatable bonds is 8. The van der Waals surface area contributed by atoms with Gasteiger partial charge in [-0.25, -0.2) is 4.98 Å². The van der Waals surface area contributed by atoms with Gasteiger partial charge in [0.15, 0.2) is 0 Å². The van der Waals surface area contributed by atoms with Gasteiger partial charge in [-0.2, -0.15) is 0 Å². The summed E-state index contributed by atoms with van der Waals surface area (Å²) in [5.74, 6) is 2.28. The molecule has 0 bridgehead atoms. The lowest BCUT2D eigenvalue weighted by Gasteiger charge is -2.30. The van der Waals surface area contributed by atoms with Gasteiger partial charge in [0.25, 0.3) is 0 Å². The van der Waals surface area contributed by atoms with E-state index in [-0.39, 0.29) is 11.9 Å². The van der Waals surface area contributed by atoms with Crippen LogP contribution in [-0.4, -0.2) is 29.2 Å². The molecule has 1 fully saturated rings. The van der Waals surface area contributed by atoms with Gasteiger partial charge in [-0.15, -0.1) is 11.8 Å². The first kappa shape index (κ1) is 19.0. The van der Waals surface area contributed by atoms with Gasteiger partial charge in [0.05, 0.1) is 11.4 Å². The monoisotopic (exact) mass is 373 g/mol. The third kappa shape index (κ3) is 5.35. The SMILES string of the molecule is NCC(NC(=O)CSCc1coc(-c2ccccc2)n1)C1CCCCC1. The number of aromatic nitrogens is 1. The van der Waals surface area contributed by atoms with Crippen LogP contribution in [0.5, 0.6) is 0 Å². The lowest BCUT2D eigenvalue weighted by Crippen LogP contribution is -2.46. The Bertz CT molecular complexity index is 683. The number of benzene rings is 1. The van der Waals surface area contributed by atoms with E-state index in [1.54, 1.807) is 18.0 Å². The van der Waals surface area contributed by atoms with E-state index in [2.05, 4.69) is 10.3 Å². The predicted octanol–water partition coefficient (Wildman–Crippen LogP) is 3.60. The number of thioether (sulfide) groups is 1. The van der Waals surface area contributed by atoms with Gasteiger partial charge >= 0.3 is 0 Å². The van der Waals surface area contributed by atoms with Crippen molar-refractivity contribution < 1.29 is 9.21 Å². The summed E-state index contributed by atoms with van der Waals surface area (Å²) >= 11 is 1.55. The van der Waals surface area contributed by atoms with Crippen molar-refractivity contribution in [1.82, 2.24) is 10.3 Å². The van der Waals surface area contributed by atoms with Gasteiger partial charge in [-0.1, -0.05) is 37.5 Å². The zero-order valence-corrected chi connectivity index (χ0v) is 15.8. The highest BCUT2D eigenvalue weighted by molar-refractivity contribution is 7.99. The number of hydrogen-bond acceptors (Lipinski definition) is 5. The molecule has 1 amide bonds. The van der Waals surface area contributed by atoms with Crippen LogP contribution in [0.15, 0.2) is 41.0 Å². The zero-order chi connectivity index (χ0) is 18.2. The summed E-state index contributed by atoms with van der Waals surface area (Å²) < 4.78 is 5.53. The van der Waals surface area contributed by atoms with Crippen LogP contribution in [0.25, 0.3) is 11.5 Å². The molecule has 0 saturated heterocycles. The van der Waals surface area contributed by atoms with E-state index in [1.807, 2.05) is 30.3 Å². The second kappa shape index (κ2) is 9.78. The zero-order valence-electron chi connectivity index (χ0n) is 15.0. The first-order valence-electron chi connectivity index (χ1n) is 9.33. The van der Waals surface area contributed by atoms with E-state index in [0.717, 1.165) is 11.3 Å². The third-order valence-corrected chi connectivity index (χ3v) is 5.84. The molecule has 3 rings (SSSR count). The minimum absolute atomic E-state index is 0.0581. The second-order valence-electron chi connectivity index (χ2n) is 6.81. The summed E-state index contributed by atoms with van der Waals surface area (Å²) in [5, 5.41) is 3.13. The summed E-state index contributed by atoms with van der Waals surface area (Å²) in [7, 11) is 0. The van der Waals surface area contributed by atoms with Crippen molar-refractivity contribution in [3.05, 3.63) is 42.3 Å². The van der Waals surface area contributed by atoms with Gasteiger partial charge in [-0.3, -0.25) is 4.79 Å². The van der Waals surface area contributed by atoms with Crippen LogP contribution in [0.3, 0.4) is 0 Å². The molecule has 1 saturated carbocycles. The molecule has 1 heterocycles. The Morgan fingerprint density at radius 3 is 2.77 bits per heavy atom. The molecule has 26 heavy (non-hydrogen) atoms. The number of oxazole rings is 1. The highest BCUT2D eigenvalue weighted by Gasteiger charge is 2.23. The van der Waals surface area contributed by atoms with Crippen molar-refractivity contribution in [3.8, 4) is 11.5 Å². The molecular weight excluding hydrogens is 346 g/mol. The second-order valence-corrected chi connectivity index (χ2v) is 7.80. The Balaban J connectivity index is 1.43. The maximum Gasteiger partial charge on any atom is 0.230 e. The van der Waals surface area contributed by atoms with Gasteiger partial charge < -0.3 is 15.5 Å². The average molecular weight is 374 g/mol. The average Bonchev–Trinajstić information content (AvgIpc) is 3.16. The van der Waals surface area contributed by atoms with E-state index in [1.165, 1.54) is 32.1 Å². The maximum absolute atomic E-state index is 12.2. The summed E-state index contributed by atoms with van der Waals surface area (Å²) in [6.45, 7) is 0.519. The van der Waals surface area contributed by atoms with Crippen molar-refractivity contribution in [1.29, 1.82) is 0 Å². The van der Waals surface area contributed by atoms with Crippen LogP contribution in [0.4, 0.5) is 0 Å². The van der Waals surface area contributed by atoms with E-state index < -0.39 is 0 Å². The first-order valence-corrected chi connectivity index (χ1v) is 10.5. The molecule has 0 aliphatic heterocycles. The van der Waals surface area contributed by atoms with Gasteiger partial charge in [-0.05, 0) is 30.9 Å². The van der Waals surface area contributed by atoms with Crippen LogP contribution in [-0.2, 0) is 10.5 Å². The van der Waals surface area contributed by atoms with E-state index in [9.17, 15) is 4.79 Å². The molecule has 3 N–H and O–H groups in total. The number of hydrogen-bond donors (Lipinski definition) is 2. The van der Waals surface area contributed by atoms with E-state index in [4.69, 9.17) is 10.2 Å². The molecule has 1 atom stereocenters. The Morgan fingerprint density at radius 1 is 1.27 bits per heavy atom. The smallest absolute Gasteiger partial charge is 0.230 e. The van der Waals surface area contributed by atoms with Gasteiger partial charge in [0, 0.05) is 23.9 Å². The molecule has 2 aromatic rings. The molecule has 6 heteroatoms. The van der Waals surface area contributed by atoms with Crippen LogP contribution in [0.2, 0.25) is 0 Å². The Morgan fingerprint density at radius 2 is 2.04 bits per heavy atom. The third-order valence-electron chi connectivity index (χ3n) is 4.87. The summed E-state index contributed by atoms with van der Waals surface area (Å²) in [4.78, 5) is 16.7. The molecule has 0 radical (unpaired) electrons. The molecule has 140 valence electrons. The van der Waals surface area contributed by atoms with Crippen molar-refractivity contribution in [2.24, 2.45) is 11.7 Å². The van der Waals surface area contributed by atoms with Crippen LogP contribution < -0.4 is 11.1 Å². The number of nitrogens with one attached hydrogen (secondary N) is 1. The maximum atomic E-state index is 12.2. The van der Waals surface area contributed by atoms with Crippen molar-refractivity contribution in [3.63, 3.8) is 0 Å². The molecule has 1 aromatic heterocycles. The topological polar surface area (TPSA) is 81.1 Å². The van der Waals surface area contributed by atoms with Crippen LogP contribution >= 0.6 is 11.8 Å². The highest BCUT2D eigenvalue weighted by Crippen LogP contribution is 2.26. The molecule has 0 spiro atoms. The normalized spacial score (nSPS) is 16.3. The van der Waals surface area contributed by atoms with E-state index >= 15 is 0 Å². The molecule has 1 aliphatic carbocycles.